The maximum Gasteiger partial charge on any atom is 0.265 e. The molecule has 0 saturated carbocycles. The van der Waals surface area contributed by atoms with Crippen LogP contribution in [0.2, 0.25) is 0 Å². The van der Waals surface area contributed by atoms with Gasteiger partial charge in [-0.15, -0.1) is 0 Å². The molecule has 1 aromatic carbocycles. The lowest BCUT2D eigenvalue weighted by Crippen LogP contribution is -3.00. The maximum atomic E-state index is 12.5. The van der Waals surface area contributed by atoms with E-state index in [0.29, 0.717) is 22.3 Å². The van der Waals surface area contributed by atoms with Crippen LogP contribution < -0.4 is 17.0 Å². The van der Waals surface area contributed by atoms with E-state index < -0.39 is 0 Å². The van der Waals surface area contributed by atoms with Crippen molar-refractivity contribution in [1.82, 2.24) is 4.90 Å². The number of carbonyl (C=O) groups is 2. The van der Waals surface area contributed by atoms with E-state index in [9.17, 15) is 9.59 Å². The molecule has 0 unspecified atom stereocenters. The zero-order chi connectivity index (χ0) is 18.3. The van der Waals surface area contributed by atoms with Crippen molar-refractivity contribution in [2.75, 3.05) is 27.3 Å². The smallest absolute Gasteiger partial charge is 0.265 e. The van der Waals surface area contributed by atoms with Gasteiger partial charge in [-0.1, -0.05) is 57.6 Å². The van der Waals surface area contributed by atoms with Crippen LogP contribution in [0.1, 0.15) is 79.0 Å². The van der Waals surface area contributed by atoms with Crippen LogP contribution >= 0.6 is 0 Å². The standard InChI is InChI=1S/C21H33N2O2.BrH/c1-4-5-6-7-8-9-10-13-16-23(2,3)17-22-20(24)18-14-11-12-15-19(18)21(22)25;/h11-12,14-15H,4-10,13,16-17H2,1-3H3;1H/q+1;/p-1. The van der Waals surface area contributed by atoms with Gasteiger partial charge in [0.05, 0.1) is 31.8 Å². The van der Waals surface area contributed by atoms with Crippen molar-refractivity contribution in [3.8, 4) is 0 Å². The number of benzene rings is 1. The minimum Gasteiger partial charge on any atom is -1.00 e. The molecule has 26 heavy (non-hydrogen) atoms. The first-order chi connectivity index (χ1) is 12.0. The largest absolute Gasteiger partial charge is 1.00 e. The van der Waals surface area contributed by atoms with Crippen molar-refractivity contribution in [3.63, 3.8) is 0 Å². The minimum atomic E-state index is -0.150. The van der Waals surface area contributed by atoms with E-state index in [1.54, 1.807) is 12.1 Å². The molecule has 0 bridgehead atoms. The molecule has 0 atom stereocenters. The lowest BCUT2D eigenvalue weighted by molar-refractivity contribution is -0.897. The van der Waals surface area contributed by atoms with Crippen molar-refractivity contribution in [2.24, 2.45) is 0 Å². The first kappa shape index (κ1) is 22.8. The lowest BCUT2D eigenvalue weighted by Gasteiger charge is -2.32. The van der Waals surface area contributed by atoms with Crippen molar-refractivity contribution in [2.45, 2.75) is 58.3 Å². The fraction of sp³-hybridized carbons (Fsp3) is 0.619. The summed E-state index contributed by atoms with van der Waals surface area (Å²) >= 11 is 0. The fourth-order valence-corrected chi connectivity index (χ4v) is 3.49. The number of nitrogens with zero attached hydrogens (tertiary/aromatic N) is 2. The number of hydrogen-bond acceptors (Lipinski definition) is 2. The summed E-state index contributed by atoms with van der Waals surface area (Å²) in [6.45, 7) is 3.68. The monoisotopic (exact) mass is 424 g/mol. The molecule has 0 saturated heterocycles. The first-order valence-corrected chi connectivity index (χ1v) is 9.73. The molecule has 0 fully saturated rings. The van der Waals surface area contributed by atoms with Gasteiger partial charge >= 0.3 is 0 Å². The SMILES string of the molecule is CCCCCCCCCC[N+](C)(C)CN1C(=O)c2ccccc2C1=O.[Br-]. The summed E-state index contributed by atoms with van der Waals surface area (Å²) in [5.41, 5.74) is 1.08. The predicted molar refractivity (Wildman–Crippen MR) is 101 cm³/mol. The third-order valence-corrected chi connectivity index (χ3v) is 5.02. The summed E-state index contributed by atoms with van der Waals surface area (Å²) < 4.78 is 0.668. The van der Waals surface area contributed by atoms with Crippen LogP contribution in [0, 0.1) is 0 Å². The van der Waals surface area contributed by atoms with Crippen LogP contribution in [0.15, 0.2) is 24.3 Å². The van der Waals surface area contributed by atoms with Gasteiger partial charge in [0.15, 0.2) is 6.67 Å². The number of hydrogen-bond donors (Lipinski definition) is 0. The minimum absolute atomic E-state index is 0. The summed E-state index contributed by atoms with van der Waals surface area (Å²) in [5.74, 6) is -0.301. The number of fused-ring (bicyclic) bond motifs is 1. The molecule has 2 rings (SSSR count). The highest BCUT2D eigenvalue weighted by Crippen LogP contribution is 2.23. The summed E-state index contributed by atoms with van der Waals surface area (Å²) in [4.78, 5) is 26.4. The molecule has 0 aromatic heterocycles. The highest BCUT2D eigenvalue weighted by atomic mass is 79.9. The van der Waals surface area contributed by atoms with Crippen molar-refractivity contribution in [3.05, 3.63) is 35.4 Å². The van der Waals surface area contributed by atoms with E-state index in [-0.39, 0.29) is 28.8 Å². The molecule has 2 amide bonds. The summed E-state index contributed by atoms with van der Waals surface area (Å²) in [6, 6.07) is 7.12. The van der Waals surface area contributed by atoms with Crippen molar-refractivity contribution in [1.29, 1.82) is 0 Å². The molecule has 4 nitrogen and oxygen atoms in total. The second kappa shape index (κ2) is 10.8. The Kier molecular flexibility index (Phi) is 9.51. The Labute approximate surface area is 168 Å². The Hall–Kier alpha value is -1.20. The van der Waals surface area contributed by atoms with Crippen LogP contribution in [0.4, 0.5) is 0 Å². The van der Waals surface area contributed by atoms with Gasteiger partial charge in [-0.2, -0.15) is 0 Å². The molecule has 1 aliphatic rings. The maximum absolute atomic E-state index is 12.5. The van der Waals surface area contributed by atoms with Gasteiger partial charge in [-0.3, -0.25) is 9.59 Å². The van der Waals surface area contributed by atoms with Crippen LogP contribution in [0.5, 0.6) is 0 Å². The Bertz CT molecular complexity index is 566. The zero-order valence-corrected chi connectivity index (χ0v) is 18.1. The van der Waals surface area contributed by atoms with E-state index in [2.05, 4.69) is 21.0 Å². The quantitative estimate of drug-likeness (QED) is 0.306. The second-order valence-electron chi connectivity index (χ2n) is 7.86. The van der Waals surface area contributed by atoms with Gasteiger partial charge in [0.2, 0.25) is 0 Å². The van der Waals surface area contributed by atoms with Gasteiger partial charge in [-0.25, -0.2) is 4.90 Å². The summed E-state index contributed by atoms with van der Waals surface area (Å²) in [5, 5.41) is 0. The Balaban J connectivity index is 0.00000338. The molecule has 0 N–H and O–H groups in total. The number of unbranched alkanes of at least 4 members (excludes halogenated alkanes) is 7. The summed E-state index contributed by atoms with van der Waals surface area (Å²) in [6.07, 6.45) is 10.3. The lowest BCUT2D eigenvalue weighted by atomic mass is 10.1. The molecule has 1 heterocycles. The second-order valence-corrected chi connectivity index (χ2v) is 7.86. The van der Waals surface area contributed by atoms with E-state index in [1.807, 2.05) is 12.1 Å². The van der Waals surface area contributed by atoms with Gasteiger partial charge < -0.3 is 21.5 Å². The predicted octanol–water partition coefficient (Wildman–Crippen LogP) is 1.46. The zero-order valence-electron chi connectivity index (χ0n) is 16.5. The third kappa shape index (κ3) is 6.20. The highest BCUT2D eigenvalue weighted by Gasteiger charge is 2.38. The molecule has 0 spiro atoms. The first-order valence-electron chi connectivity index (χ1n) is 9.73. The average molecular weight is 425 g/mol. The molecular weight excluding hydrogens is 392 g/mol. The van der Waals surface area contributed by atoms with E-state index >= 15 is 0 Å². The third-order valence-electron chi connectivity index (χ3n) is 5.02. The van der Waals surface area contributed by atoms with Gasteiger partial charge in [-0.05, 0) is 25.0 Å². The normalized spacial score (nSPS) is 13.7. The number of imide groups is 1. The van der Waals surface area contributed by atoms with Crippen LogP contribution in [0.25, 0.3) is 0 Å². The topological polar surface area (TPSA) is 37.4 Å². The number of carbonyl (C=O) groups excluding carboxylic acids is 2. The van der Waals surface area contributed by atoms with Gasteiger partial charge in [0.25, 0.3) is 11.8 Å². The molecule has 146 valence electrons. The Morgan fingerprint density at radius 1 is 0.808 bits per heavy atom. The molecule has 1 aromatic rings. The molecule has 5 heteroatoms. The van der Waals surface area contributed by atoms with Crippen LogP contribution in [-0.2, 0) is 0 Å². The number of quaternary nitrogens is 1. The van der Waals surface area contributed by atoms with Crippen LogP contribution in [0.3, 0.4) is 0 Å². The van der Waals surface area contributed by atoms with Gasteiger partial charge in [0, 0.05) is 0 Å². The Morgan fingerprint density at radius 2 is 1.27 bits per heavy atom. The molecular formula is C21H33BrN2O2. The van der Waals surface area contributed by atoms with E-state index in [0.717, 1.165) is 13.0 Å². The highest BCUT2D eigenvalue weighted by molar-refractivity contribution is 6.21. The summed E-state index contributed by atoms with van der Waals surface area (Å²) in [7, 11) is 4.20. The van der Waals surface area contributed by atoms with E-state index in [1.165, 1.54) is 49.8 Å². The molecule has 0 radical (unpaired) electrons. The van der Waals surface area contributed by atoms with Crippen LogP contribution in [-0.4, -0.2) is 48.5 Å². The average Bonchev–Trinajstić information content (AvgIpc) is 2.82. The Morgan fingerprint density at radius 3 is 1.77 bits per heavy atom. The molecule has 1 aliphatic heterocycles. The van der Waals surface area contributed by atoms with Crippen molar-refractivity contribution < 1.29 is 31.1 Å². The van der Waals surface area contributed by atoms with E-state index in [4.69, 9.17) is 0 Å². The fourth-order valence-electron chi connectivity index (χ4n) is 3.49. The number of halogens is 1. The number of rotatable bonds is 11. The molecule has 0 aliphatic carbocycles. The van der Waals surface area contributed by atoms with Crippen molar-refractivity contribution >= 4 is 11.8 Å². The van der Waals surface area contributed by atoms with Gasteiger partial charge in [0.1, 0.15) is 0 Å². The number of amides is 2.